The molecule has 2 N–H and O–H groups in total. The van der Waals surface area contributed by atoms with Gasteiger partial charge in [-0.25, -0.2) is 0 Å². The number of carbonyl (C=O) groups is 2. The molecule has 0 aromatic heterocycles. The molecule has 0 bridgehead atoms. The zero-order valence-electron chi connectivity index (χ0n) is 14.2. The third kappa shape index (κ3) is 4.13. The summed E-state index contributed by atoms with van der Waals surface area (Å²) in [5, 5.41) is 10.4. The molecule has 2 aromatic carbocycles. The lowest BCUT2D eigenvalue weighted by Crippen LogP contribution is -2.31. The number of anilines is 1. The van der Waals surface area contributed by atoms with Crippen LogP contribution in [-0.2, 0) is 16.0 Å². The maximum absolute atomic E-state index is 13.1. The Labute approximate surface area is 180 Å². The molecule has 142 valence electrons. The Hall–Kier alpha value is -2.17. The molecule has 2 amide bonds. The van der Waals surface area contributed by atoms with Gasteiger partial charge in [0.05, 0.1) is 5.25 Å². The van der Waals surface area contributed by atoms with Crippen LogP contribution in [0.5, 0.6) is 0 Å². The van der Waals surface area contributed by atoms with Crippen molar-refractivity contribution in [1.29, 1.82) is 5.26 Å². The Morgan fingerprint density at radius 2 is 1.79 bits per heavy atom. The fourth-order valence-corrected chi connectivity index (χ4v) is 4.63. The molecule has 9 heteroatoms. The van der Waals surface area contributed by atoms with E-state index in [1.165, 1.54) is 4.90 Å². The van der Waals surface area contributed by atoms with E-state index in [-0.39, 0.29) is 16.5 Å². The van der Waals surface area contributed by atoms with Crippen LogP contribution < -0.4 is 10.6 Å². The molecule has 1 fully saturated rings. The van der Waals surface area contributed by atoms with Gasteiger partial charge in [-0.1, -0.05) is 52.6 Å². The van der Waals surface area contributed by atoms with Crippen molar-refractivity contribution < 1.29 is 9.59 Å². The van der Waals surface area contributed by atoms with Gasteiger partial charge in [0, 0.05) is 20.8 Å². The molecule has 1 unspecified atom stereocenters. The van der Waals surface area contributed by atoms with E-state index >= 15 is 0 Å². The number of nitrogens with zero attached hydrogens (tertiary/aromatic N) is 2. The summed E-state index contributed by atoms with van der Waals surface area (Å²) in [6.45, 7) is 0. The number of rotatable bonds is 4. The number of nitrogens with two attached hydrogens (primary N) is 1. The molecule has 5 nitrogen and oxygen atoms in total. The van der Waals surface area contributed by atoms with Gasteiger partial charge in [-0.3, -0.25) is 14.5 Å². The maximum atomic E-state index is 13.1. The van der Waals surface area contributed by atoms with Gasteiger partial charge in [0.25, 0.3) is 5.91 Å². The van der Waals surface area contributed by atoms with Crippen LogP contribution in [0.3, 0.4) is 0 Å². The summed E-state index contributed by atoms with van der Waals surface area (Å²) in [5.41, 5.74) is 6.28. The van der Waals surface area contributed by atoms with Gasteiger partial charge < -0.3 is 5.73 Å². The van der Waals surface area contributed by atoms with Crippen LogP contribution in [0.1, 0.15) is 5.56 Å². The number of benzene rings is 2. The van der Waals surface area contributed by atoms with Crippen LogP contribution >= 0.6 is 46.6 Å². The van der Waals surface area contributed by atoms with E-state index in [1.807, 2.05) is 0 Å². The molecular formula is C19H12Cl3N3O2S. The summed E-state index contributed by atoms with van der Waals surface area (Å²) in [7, 11) is 0. The first-order valence-corrected chi connectivity index (χ1v) is 9.97. The SMILES string of the molecule is N#CC(C(N)=O)=C1SC(Cc2ccc(Cl)cc2Cl)C(=O)N1c1ccc(Cl)cc1. The second-order valence-electron chi connectivity index (χ2n) is 5.85. The van der Waals surface area contributed by atoms with Crippen molar-refractivity contribution in [2.24, 2.45) is 5.73 Å². The number of carbonyl (C=O) groups excluding carboxylic acids is 2. The van der Waals surface area contributed by atoms with Crippen LogP contribution in [0.2, 0.25) is 15.1 Å². The fourth-order valence-electron chi connectivity index (χ4n) is 2.71. The lowest BCUT2D eigenvalue weighted by atomic mass is 10.1. The standard InChI is InChI=1S/C19H12Cl3N3O2S/c20-11-3-5-13(6-4-11)25-18(27)16(28-19(25)14(9-23)17(24)26)7-10-1-2-12(21)8-15(10)22/h1-6,8,16H,7H2,(H2,24,26). The second-order valence-corrected chi connectivity index (χ2v) is 8.32. The van der Waals surface area contributed by atoms with Crippen LogP contribution in [-0.4, -0.2) is 17.1 Å². The molecule has 2 aromatic rings. The van der Waals surface area contributed by atoms with Gasteiger partial charge in [0.1, 0.15) is 16.7 Å². The maximum Gasteiger partial charge on any atom is 0.262 e. The van der Waals surface area contributed by atoms with Crippen LogP contribution in [0.15, 0.2) is 53.1 Å². The Bertz CT molecular complexity index is 1030. The molecule has 1 saturated heterocycles. The minimum atomic E-state index is -0.901. The Morgan fingerprint density at radius 3 is 2.36 bits per heavy atom. The smallest absolute Gasteiger partial charge is 0.262 e. The average molecular weight is 453 g/mol. The highest BCUT2D eigenvalue weighted by molar-refractivity contribution is 8.05. The number of amides is 2. The molecule has 1 heterocycles. The first-order valence-electron chi connectivity index (χ1n) is 7.96. The number of hydrogen-bond acceptors (Lipinski definition) is 4. The summed E-state index contributed by atoms with van der Waals surface area (Å²) in [6.07, 6.45) is 0.296. The molecule has 0 saturated carbocycles. The highest BCUT2D eigenvalue weighted by Gasteiger charge is 2.40. The average Bonchev–Trinajstić information content (AvgIpc) is 2.95. The second kappa shape index (κ2) is 8.46. The molecule has 1 aliphatic rings. The van der Waals surface area contributed by atoms with E-state index in [2.05, 4.69) is 0 Å². The fraction of sp³-hybridized carbons (Fsp3) is 0.105. The summed E-state index contributed by atoms with van der Waals surface area (Å²) in [4.78, 5) is 26.2. The van der Waals surface area contributed by atoms with Gasteiger partial charge in [-0.05, 0) is 48.4 Å². The van der Waals surface area contributed by atoms with Crippen LogP contribution in [0.4, 0.5) is 5.69 Å². The first kappa shape index (κ1) is 20.6. The predicted molar refractivity (Wildman–Crippen MR) is 112 cm³/mol. The van der Waals surface area contributed by atoms with Crippen molar-refractivity contribution in [3.8, 4) is 6.07 Å². The van der Waals surface area contributed by atoms with Crippen LogP contribution in [0, 0.1) is 11.3 Å². The van der Waals surface area contributed by atoms with Gasteiger partial charge in [-0.15, -0.1) is 0 Å². The Morgan fingerprint density at radius 1 is 1.14 bits per heavy atom. The molecule has 0 radical (unpaired) electrons. The van der Waals surface area contributed by atoms with E-state index in [0.29, 0.717) is 27.2 Å². The zero-order chi connectivity index (χ0) is 20.4. The van der Waals surface area contributed by atoms with E-state index < -0.39 is 11.2 Å². The number of halogens is 3. The predicted octanol–water partition coefficient (Wildman–Crippen LogP) is 4.56. The lowest BCUT2D eigenvalue weighted by Gasteiger charge is -2.18. The van der Waals surface area contributed by atoms with Gasteiger partial charge in [-0.2, -0.15) is 5.26 Å². The number of thioether (sulfide) groups is 1. The highest BCUT2D eigenvalue weighted by Crippen LogP contribution is 2.42. The van der Waals surface area contributed by atoms with Crippen molar-refractivity contribution in [2.45, 2.75) is 11.7 Å². The topological polar surface area (TPSA) is 87.2 Å². The Balaban J connectivity index is 2.04. The number of nitriles is 1. The van der Waals surface area contributed by atoms with Crippen molar-refractivity contribution in [2.75, 3.05) is 4.90 Å². The minimum Gasteiger partial charge on any atom is -0.365 e. The largest absolute Gasteiger partial charge is 0.365 e. The van der Waals surface area contributed by atoms with Crippen molar-refractivity contribution in [3.63, 3.8) is 0 Å². The quantitative estimate of drug-likeness (QED) is 0.544. The normalized spacial score (nSPS) is 18.1. The Kier molecular flexibility index (Phi) is 6.21. The van der Waals surface area contributed by atoms with E-state index in [0.717, 1.165) is 17.3 Å². The molecular weight excluding hydrogens is 441 g/mol. The van der Waals surface area contributed by atoms with Crippen molar-refractivity contribution >= 4 is 64.1 Å². The van der Waals surface area contributed by atoms with Crippen LogP contribution in [0.25, 0.3) is 0 Å². The highest BCUT2D eigenvalue weighted by atomic mass is 35.5. The minimum absolute atomic E-state index is 0.192. The summed E-state index contributed by atoms with van der Waals surface area (Å²) in [6, 6.07) is 13.3. The van der Waals surface area contributed by atoms with E-state index in [9.17, 15) is 14.9 Å². The summed E-state index contributed by atoms with van der Waals surface area (Å²) in [5.74, 6) is -1.19. The van der Waals surface area contributed by atoms with E-state index in [1.54, 1.807) is 48.5 Å². The van der Waals surface area contributed by atoms with E-state index in [4.69, 9.17) is 40.5 Å². The monoisotopic (exact) mass is 451 g/mol. The molecule has 28 heavy (non-hydrogen) atoms. The van der Waals surface area contributed by atoms with Gasteiger partial charge >= 0.3 is 0 Å². The first-order chi connectivity index (χ1) is 13.3. The summed E-state index contributed by atoms with van der Waals surface area (Å²) >= 11 is 19.2. The van der Waals surface area contributed by atoms with Gasteiger partial charge in [0.15, 0.2) is 0 Å². The number of primary amides is 1. The summed E-state index contributed by atoms with van der Waals surface area (Å²) < 4.78 is 0. The molecule has 1 aliphatic heterocycles. The van der Waals surface area contributed by atoms with Crippen molar-refractivity contribution in [1.82, 2.24) is 0 Å². The third-order valence-corrected chi connectivity index (χ3v) is 6.13. The molecule has 0 aliphatic carbocycles. The van der Waals surface area contributed by atoms with Gasteiger partial charge in [0.2, 0.25) is 5.91 Å². The number of hydrogen-bond donors (Lipinski definition) is 1. The third-order valence-electron chi connectivity index (χ3n) is 4.03. The zero-order valence-corrected chi connectivity index (χ0v) is 17.2. The van der Waals surface area contributed by atoms with Crippen molar-refractivity contribution in [3.05, 3.63) is 73.7 Å². The molecule has 1 atom stereocenters. The molecule has 3 rings (SSSR count). The lowest BCUT2D eigenvalue weighted by molar-refractivity contribution is -0.117. The molecule has 0 spiro atoms.